The summed E-state index contributed by atoms with van der Waals surface area (Å²) >= 11 is 2.10. The Morgan fingerprint density at radius 2 is 2.18 bits per heavy atom. The van der Waals surface area contributed by atoms with Crippen molar-refractivity contribution >= 4 is 33.5 Å². The van der Waals surface area contributed by atoms with Crippen LogP contribution in [0.5, 0.6) is 0 Å². The van der Waals surface area contributed by atoms with Crippen molar-refractivity contribution in [3.05, 3.63) is 33.8 Å². The Labute approximate surface area is 76.7 Å². The van der Waals surface area contributed by atoms with Gasteiger partial charge in [0, 0.05) is 15.2 Å². The van der Waals surface area contributed by atoms with E-state index in [-0.39, 0.29) is 5.82 Å². The molecule has 0 unspecified atom stereocenters. The fourth-order valence-electron chi connectivity index (χ4n) is 1.09. The minimum absolute atomic E-state index is 0.183. The first-order valence-corrected chi connectivity index (χ1v) is 4.27. The Kier molecular flexibility index (Phi) is 1.60. The van der Waals surface area contributed by atoms with E-state index in [0.717, 1.165) is 8.96 Å². The van der Waals surface area contributed by atoms with E-state index >= 15 is 0 Å². The van der Waals surface area contributed by atoms with Gasteiger partial charge in [-0.05, 0) is 40.8 Å². The van der Waals surface area contributed by atoms with Gasteiger partial charge < -0.3 is 4.98 Å². The van der Waals surface area contributed by atoms with Crippen molar-refractivity contribution in [2.24, 2.45) is 0 Å². The molecule has 0 aliphatic heterocycles. The molecule has 1 aromatic heterocycles. The van der Waals surface area contributed by atoms with E-state index in [4.69, 9.17) is 0 Å². The summed E-state index contributed by atoms with van der Waals surface area (Å²) in [6.07, 6.45) is 1.74. The highest BCUT2D eigenvalue weighted by Crippen LogP contribution is 2.19. The van der Waals surface area contributed by atoms with Gasteiger partial charge in [0.1, 0.15) is 5.82 Å². The highest BCUT2D eigenvalue weighted by molar-refractivity contribution is 14.1. The highest BCUT2D eigenvalue weighted by atomic mass is 127. The molecular formula is C8H5FIN. The highest BCUT2D eigenvalue weighted by Gasteiger charge is 2.01. The second-order valence-corrected chi connectivity index (χ2v) is 3.58. The van der Waals surface area contributed by atoms with Gasteiger partial charge in [-0.3, -0.25) is 0 Å². The number of hydrogen-bond donors (Lipinski definition) is 1. The zero-order chi connectivity index (χ0) is 7.84. The molecule has 1 nitrogen and oxygen atoms in total. The molecule has 0 bridgehead atoms. The second kappa shape index (κ2) is 2.48. The Morgan fingerprint density at radius 3 is 3.00 bits per heavy atom. The number of rotatable bonds is 0. The fraction of sp³-hybridized carbons (Fsp3) is 0. The summed E-state index contributed by atoms with van der Waals surface area (Å²) in [6, 6.07) is 5.31. The molecule has 1 aromatic carbocycles. The van der Waals surface area contributed by atoms with Crippen LogP contribution < -0.4 is 0 Å². The van der Waals surface area contributed by atoms with Crippen molar-refractivity contribution < 1.29 is 4.39 Å². The lowest BCUT2D eigenvalue weighted by molar-refractivity contribution is 0.636. The summed E-state index contributed by atoms with van der Waals surface area (Å²) in [5.74, 6) is -0.183. The van der Waals surface area contributed by atoms with E-state index < -0.39 is 0 Å². The molecule has 2 rings (SSSR count). The van der Waals surface area contributed by atoms with Gasteiger partial charge in [-0.2, -0.15) is 0 Å². The van der Waals surface area contributed by atoms with Crippen molar-refractivity contribution in [1.82, 2.24) is 4.98 Å². The van der Waals surface area contributed by atoms with Crippen LogP contribution in [0.3, 0.4) is 0 Å². The molecule has 56 valence electrons. The molecule has 0 aliphatic rings. The van der Waals surface area contributed by atoms with E-state index in [9.17, 15) is 4.39 Å². The zero-order valence-electron chi connectivity index (χ0n) is 5.57. The van der Waals surface area contributed by atoms with Crippen LogP contribution in [0.15, 0.2) is 24.4 Å². The lowest BCUT2D eigenvalue weighted by Gasteiger charge is -1.93. The number of fused-ring (bicyclic) bond motifs is 1. The number of aromatic amines is 1. The van der Waals surface area contributed by atoms with Gasteiger partial charge in [0.15, 0.2) is 0 Å². The third kappa shape index (κ3) is 1.13. The maximum atomic E-state index is 13.0. The molecule has 0 saturated heterocycles. The van der Waals surface area contributed by atoms with Gasteiger partial charge in [0.2, 0.25) is 0 Å². The summed E-state index contributed by atoms with van der Waals surface area (Å²) in [5.41, 5.74) is 0.588. The van der Waals surface area contributed by atoms with Gasteiger partial charge in [-0.15, -0.1) is 0 Å². The zero-order valence-corrected chi connectivity index (χ0v) is 7.72. The van der Waals surface area contributed by atoms with Crippen molar-refractivity contribution in [3.8, 4) is 0 Å². The molecule has 1 N–H and O–H groups in total. The SMILES string of the molecule is Fc1cc(I)cc2cc[nH]c12. The average molecular weight is 261 g/mol. The summed E-state index contributed by atoms with van der Waals surface area (Å²) in [7, 11) is 0. The predicted molar refractivity (Wildman–Crippen MR) is 51.0 cm³/mol. The molecule has 2 aromatic rings. The molecule has 11 heavy (non-hydrogen) atoms. The summed E-state index contributed by atoms with van der Waals surface area (Å²) in [6.45, 7) is 0. The maximum Gasteiger partial charge on any atom is 0.148 e. The third-order valence-electron chi connectivity index (χ3n) is 1.58. The van der Waals surface area contributed by atoms with Gasteiger partial charge in [0.25, 0.3) is 0 Å². The first-order valence-electron chi connectivity index (χ1n) is 3.19. The molecule has 0 aliphatic carbocycles. The van der Waals surface area contributed by atoms with Gasteiger partial charge >= 0.3 is 0 Å². The summed E-state index contributed by atoms with van der Waals surface area (Å²) in [4.78, 5) is 2.84. The number of hydrogen-bond acceptors (Lipinski definition) is 0. The molecule has 3 heteroatoms. The van der Waals surface area contributed by atoms with Crippen molar-refractivity contribution in [2.75, 3.05) is 0 Å². The molecular weight excluding hydrogens is 256 g/mol. The Balaban J connectivity index is 2.91. The standard InChI is InChI=1S/C8H5FIN/c9-7-4-6(10)3-5-1-2-11-8(5)7/h1-4,11H. The Hall–Kier alpha value is -0.580. The van der Waals surface area contributed by atoms with E-state index in [0.29, 0.717) is 5.52 Å². The normalized spacial score (nSPS) is 10.7. The van der Waals surface area contributed by atoms with Crippen molar-refractivity contribution in [3.63, 3.8) is 0 Å². The monoisotopic (exact) mass is 261 g/mol. The van der Waals surface area contributed by atoms with Gasteiger partial charge in [-0.25, -0.2) is 4.39 Å². The van der Waals surface area contributed by atoms with E-state index in [1.54, 1.807) is 6.20 Å². The van der Waals surface area contributed by atoms with Crippen LogP contribution in [0.2, 0.25) is 0 Å². The number of halogens is 2. The molecule has 1 heterocycles. The van der Waals surface area contributed by atoms with Crippen LogP contribution in [0.25, 0.3) is 10.9 Å². The quantitative estimate of drug-likeness (QED) is 0.702. The van der Waals surface area contributed by atoms with Gasteiger partial charge in [0.05, 0.1) is 5.52 Å². The number of aromatic nitrogens is 1. The fourth-order valence-corrected chi connectivity index (χ4v) is 1.70. The lowest BCUT2D eigenvalue weighted by Crippen LogP contribution is -1.79. The molecule has 0 spiro atoms. The van der Waals surface area contributed by atoms with Crippen molar-refractivity contribution in [1.29, 1.82) is 0 Å². The maximum absolute atomic E-state index is 13.0. The van der Waals surface area contributed by atoms with E-state index in [2.05, 4.69) is 27.6 Å². The van der Waals surface area contributed by atoms with E-state index in [1.165, 1.54) is 6.07 Å². The first-order chi connectivity index (χ1) is 5.27. The van der Waals surface area contributed by atoms with Crippen LogP contribution in [-0.2, 0) is 0 Å². The van der Waals surface area contributed by atoms with Crippen molar-refractivity contribution in [2.45, 2.75) is 0 Å². The lowest BCUT2D eigenvalue weighted by atomic mass is 10.2. The molecule has 0 atom stereocenters. The van der Waals surface area contributed by atoms with Gasteiger partial charge in [-0.1, -0.05) is 0 Å². The molecule has 0 saturated carbocycles. The van der Waals surface area contributed by atoms with Crippen LogP contribution in [-0.4, -0.2) is 4.98 Å². The Bertz CT molecular complexity index is 394. The minimum Gasteiger partial charge on any atom is -0.359 e. The minimum atomic E-state index is -0.183. The van der Waals surface area contributed by atoms with Crippen LogP contribution >= 0.6 is 22.6 Å². The topological polar surface area (TPSA) is 15.8 Å². The predicted octanol–water partition coefficient (Wildman–Crippen LogP) is 2.91. The first kappa shape index (κ1) is 7.09. The average Bonchev–Trinajstić information content (AvgIpc) is 2.34. The van der Waals surface area contributed by atoms with Crippen LogP contribution in [0, 0.1) is 9.39 Å². The number of nitrogens with one attached hydrogen (secondary N) is 1. The molecule has 0 amide bonds. The smallest absolute Gasteiger partial charge is 0.148 e. The van der Waals surface area contributed by atoms with Crippen LogP contribution in [0.4, 0.5) is 4.39 Å². The summed E-state index contributed by atoms with van der Waals surface area (Å²) in [5, 5.41) is 0.925. The molecule has 0 fully saturated rings. The largest absolute Gasteiger partial charge is 0.359 e. The number of benzene rings is 1. The Morgan fingerprint density at radius 1 is 1.36 bits per heavy atom. The number of H-pyrrole nitrogens is 1. The third-order valence-corrected chi connectivity index (χ3v) is 2.20. The molecule has 0 radical (unpaired) electrons. The summed E-state index contributed by atoms with van der Waals surface area (Å²) < 4.78 is 14.0. The van der Waals surface area contributed by atoms with Crippen LogP contribution in [0.1, 0.15) is 0 Å². The second-order valence-electron chi connectivity index (χ2n) is 2.33. The van der Waals surface area contributed by atoms with E-state index in [1.807, 2.05) is 12.1 Å².